The normalized spacial score (nSPS) is 12.2. The maximum atomic E-state index is 6.39. The monoisotopic (exact) mass is 670 g/mol. The average molecular weight is 671 g/mol. The third kappa shape index (κ3) is 4.14. The summed E-state index contributed by atoms with van der Waals surface area (Å²) >= 11 is 0. The van der Waals surface area contributed by atoms with Crippen molar-refractivity contribution in [1.82, 2.24) is 0 Å². The van der Waals surface area contributed by atoms with Crippen LogP contribution in [0.5, 0.6) is 0 Å². The van der Waals surface area contributed by atoms with Crippen LogP contribution in [0.3, 0.4) is 0 Å². The van der Waals surface area contributed by atoms with Crippen LogP contribution < -0.4 is 0 Å². The molecule has 0 N–H and O–H groups in total. The molecule has 0 bridgehead atoms. The molecule has 53 heavy (non-hydrogen) atoms. The summed E-state index contributed by atoms with van der Waals surface area (Å²) in [4.78, 5) is 0. The van der Waals surface area contributed by atoms with Gasteiger partial charge in [-0.15, -0.1) is 0 Å². The first-order valence-corrected chi connectivity index (χ1v) is 18.3. The highest BCUT2D eigenvalue weighted by atomic mass is 16.3. The molecule has 11 aromatic carbocycles. The van der Waals surface area contributed by atoms with E-state index in [4.69, 9.17) is 4.42 Å². The summed E-state index contributed by atoms with van der Waals surface area (Å²) < 4.78 is 6.39. The number of para-hydroxylation sites is 1. The fourth-order valence-electron chi connectivity index (χ4n) is 9.12. The van der Waals surface area contributed by atoms with Crippen molar-refractivity contribution in [2.24, 2.45) is 0 Å². The molecule has 1 aromatic heterocycles. The molecular formula is C52H30O. The van der Waals surface area contributed by atoms with Crippen molar-refractivity contribution in [3.63, 3.8) is 0 Å². The van der Waals surface area contributed by atoms with Crippen molar-refractivity contribution < 1.29 is 4.42 Å². The highest BCUT2D eigenvalue weighted by Crippen LogP contribution is 2.45. The van der Waals surface area contributed by atoms with Crippen molar-refractivity contribution in [1.29, 1.82) is 0 Å². The standard InChI is InChI=1S/C52H30O/c1-2-12-32-25-33(22-21-31(32)11-1)43-27-46-38-16-6-4-14-36(38)44(28-47(46)37-15-5-3-13-35(37)43)34-23-24-41-45(26-34)39-17-7-8-18-40(39)48-29-50-42-19-9-10-20-51(42)53-52(50)30-49(41)48/h1-30H. The van der Waals surface area contributed by atoms with E-state index in [0.717, 1.165) is 21.9 Å². The fourth-order valence-corrected chi connectivity index (χ4v) is 9.12. The van der Waals surface area contributed by atoms with E-state index in [9.17, 15) is 0 Å². The number of hydrogen-bond donors (Lipinski definition) is 0. The average Bonchev–Trinajstić information content (AvgIpc) is 3.60. The molecule has 0 aliphatic rings. The van der Waals surface area contributed by atoms with E-state index < -0.39 is 0 Å². The summed E-state index contributed by atoms with van der Waals surface area (Å²) in [6.45, 7) is 0. The van der Waals surface area contributed by atoms with Gasteiger partial charge in [-0.3, -0.25) is 0 Å². The molecule has 1 nitrogen and oxygen atoms in total. The van der Waals surface area contributed by atoms with Crippen molar-refractivity contribution in [3.05, 3.63) is 182 Å². The van der Waals surface area contributed by atoms with Crippen LogP contribution in [0.15, 0.2) is 186 Å². The van der Waals surface area contributed by atoms with Gasteiger partial charge in [-0.05, 0) is 140 Å². The minimum Gasteiger partial charge on any atom is -0.456 e. The molecule has 0 unspecified atom stereocenters. The summed E-state index contributed by atoms with van der Waals surface area (Å²) in [6.07, 6.45) is 0. The number of fused-ring (bicyclic) bond motifs is 15. The molecule has 244 valence electrons. The lowest BCUT2D eigenvalue weighted by Gasteiger charge is -2.17. The van der Waals surface area contributed by atoms with E-state index in [0.29, 0.717) is 0 Å². The molecule has 0 aliphatic carbocycles. The van der Waals surface area contributed by atoms with Gasteiger partial charge in [0.15, 0.2) is 0 Å². The quantitative estimate of drug-likeness (QED) is 0.167. The first kappa shape index (κ1) is 28.7. The van der Waals surface area contributed by atoms with E-state index in [1.807, 2.05) is 6.07 Å². The van der Waals surface area contributed by atoms with Gasteiger partial charge in [-0.2, -0.15) is 0 Å². The molecule has 1 heteroatoms. The predicted molar refractivity (Wildman–Crippen MR) is 227 cm³/mol. The minimum atomic E-state index is 0.925. The van der Waals surface area contributed by atoms with Crippen LogP contribution >= 0.6 is 0 Å². The summed E-state index contributed by atoms with van der Waals surface area (Å²) in [5.41, 5.74) is 6.81. The molecule has 12 rings (SSSR count). The molecule has 0 saturated carbocycles. The third-order valence-corrected chi connectivity index (χ3v) is 11.6. The number of rotatable bonds is 2. The SMILES string of the molecule is c1ccc2cc(-c3cc4c5ccccc5c(-c5ccc6c(c5)c5ccccc5c5cc7c(cc65)oc5ccccc57)cc4c4ccccc34)ccc2c1. The van der Waals surface area contributed by atoms with Crippen LogP contribution in [0, 0.1) is 0 Å². The Morgan fingerprint density at radius 3 is 1.36 bits per heavy atom. The van der Waals surface area contributed by atoms with Crippen LogP contribution in [-0.2, 0) is 0 Å². The van der Waals surface area contributed by atoms with Crippen LogP contribution in [0.25, 0.3) is 120 Å². The van der Waals surface area contributed by atoms with Gasteiger partial charge >= 0.3 is 0 Å². The third-order valence-electron chi connectivity index (χ3n) is 11.6. The van der Waals surface area contributed by atoms with Gasteiger partial charge in [0.2, 0.25) is 0 Å². The number of furan rings is 1. The van der Waals surface area contributed by atoms with Crippen molar-refractivity contribution in [3.8, 4) is 22.3 Å². The first-order chi connectivity index (χ1) is 26.3. The van der Waals surface area contributed by atoms with Gasteiger partial charge in [-0.1, -0.05) is 140 Å². The second-order valence-electron chi connectivity index (χ2n) is 14.4. The highest BCUT2D eigenvalue weighted by molar-refractivity contribution is 6.29. The van der Waals surface area contributed by atoms with Crippen LogP contribution in [-0.4, -0.2) is 0 Å². The van der Waals surface area contributed by atoms with E-state index in [2.05, 4.69) is 176 Å². The molecular weight excluding hydrogens is 641 g/mol. The number of hydrogen-bond acceptors (Lipinski definition) is 1. The van der Waals surface area contributed by atoms with Gasteiger partial charge in [0, 0.05) is 10.8 Å². The Balaban J connectivity index is 1.14. The Morgan fingerprint density at radius 1 is 0.226 bits per heavy atom. The van der Waals surface area contributed by atoms with Crippen molar-refractivity contribution in [2.75, 3.05) is 0 Å². The Morgan fingerprint density at radius 2 is 0.679 bits per heavy atom. The zero-order chi connectivity index (χ0) is 34.6. The molecule has 12 aromatic rings. The lowest BCUT2D eigenvalue weighted by atomic mass is 9.86. The first-order valence-electron chi connectivity index (χ1n) is 18.3. The molecule has 0 aliphatic heterocycles. The van der Waals surface area contributed by atoms with Crippen molar-refractivity contribution >= 4 is 97.3 Å². The number of benzene rings is 11. The molecule has 0 saturated heterocycles. The largest absolute Gasteiger partial charge is 0.456 e. The van der Waals surface area contributed by atoms with E-state index in [-0.39, 0.29) is 0 Å². The topological polar surface area (TPSA) is 13.1 Å². The van der Waals surface area contributed by atoms with Gasteiger partial charge in [0.1, 0.15) is 11.2 Å². The van der Waals surface area contributed by atoms with E-state index in [1.165, 1.54) is 97.7 Å². The van der Waals surface area contributed by atoms with Crippen LogP contribution in [0.2, 0.25) is 0 Å². The maximum Gasteiger partial charge on any atom is 0.136 e. The van der Waals surface area contributed by atoms with Gasteiger partial charge in [0.25, 0.3) is 0 Å². The fraction of sp³-hybridized carbons (Fsp3) is 0. The Hall–Kier alpha value is -6.96. The second kappa shape index (κ2) is 10.8. The molecule has 0 spiro atoms. The van der Waals surface area contributed by atoms with Gasteiger partial charge < -0.3 is 4.42 Å². The Kier molecular flexibility index (Phi) is 5.84. The summed E-state index contributed by atoms with van der Waals surface area (Å²) in [7, 11) is 0. The van der Waals surface area contributed by atoms with E-state index in [1.54, 1.807) is 0 Å². The van der Waals surface area contributed by atoms with Crippen LogP contribution in [0.1, 0.15) is 0 Å². The molecule has 0 fully saturated rings. The van der Waals surface area contributed by atoms with Crippen molar-refractivity contribution in [2.45, 2.75) is 0 Å². The van der Waals surface area contributed by atoms with Crippen LogP contribution in [0.4, 0.5) is 0 Å². The Labute approximate surface area is 304 Å². The zero-order valence-corrected chi connectivity index (χ0v) is 28.7. The zero-order valence-electron chi connectivity index (χ0n) is 28.7. The second-order valence-corrected chi connectivity index (χ2v) is 14.4. The summed E-state index contributed by atoms with van der Waals surface area (Å²) in [5, 5.41) is 19.9. The lowest BCUT2D eigenvalue weighted by molar-refractivity contribution is 0.669. The maximum absolute atomic E-state index is 6.39. The smallest absolute Gasteiger partial charge is 0.136 e. The van der Waals surface area contributed by atoms with Gasteiger partial charge in [-0.25, -0.2) is 0 Å². The molecule has 0 radical (unpaired) electrons. The van der Waals surface area contributed by atoms with Gasteiger partial charge in [0.05, 0.1) is 0 Å². The summed E-state index contributed by atoms with van der Waals surface area (Å²) in [6, 6.07) is 67.0. The van der Waals surface area contributed by atoms with E-state index >= 15 is 0 Å². The Bertz CT molecular complexity index is 3510. The molecule has 0 atom stereocenters. The predicted octanol–water partition coefficient (Wildman–Crippen LogP) is 15.0. The molecule has 0 amide bonds. The summed E-state index contributed by atoms with van der Waals surface area (Å²) in [5.74, 6) is 0. The molecule has 1 heterocycles. The minimum absolute atomic E-state index is 0.925. The highest BCUT2D eigenvalue weighted by Gasteiger charge is 2.17. The lowest BCUT2D eigenvalue weighted by Crippen LogP contribution is -1.90.